The number of aromatic nitrogens is 2. The van der Waals surface area contributed by atoms with Crippen LogP contribution < -0.4 is 10.6 Å². The van der Waals surface area contributed by atoms with Crippen molar-refractivity contribution in [3.05, 3.63) is 51.5 Å². The Kier molecular flexibility index (Phi) is 7.00. The van der Waals surface area contributed by atoms with E-state index in [1.165, 1.54) is 12.1 Å². The molecule has 7 nitrogen and oxygen atoms in total. The van der Waals surface area contributed by atoms with Gasteiger partial charge >= 0.3 is 6.09 Å². The number of hydrogen-bond donors (Lipinski definition) is 2. The van der Waals surface area contributed by atoms with Crippen LogP contribution in [0, 0.1) is 5.82 Å². The Morgan fingerprint density at radius 1 is 1.33 bits per heavy atom. The SMILES string of the molecule is CC(C)(C)OC(=O)N1CCNCC1c1cc(Cl)nc(NCc2ccc(F)cc2Cl)n1. The molecule has 10 heteroatoms. The Bertz CT molecular complexity index is 923. The molecule has 30 heavy (non-hydrogen) atoms. The quantitative estimate of drug-likeness (QED) is 0.664. The zero-order valence-electron chi connectivity index (χ0n) is 17.0. The van der Waals surface area contributed by atoms with Crippen molar-refractivity contribution in [2.45, 2.75) is 39.0 Å². The van der Waals surface area contributed by atoms with Crippen molar-refractivity contribution in [1.82, 2.24) is 20.2 Å². The normalized spacial score (nSPS) is 17.0. The number of hydrogen-bond acceptors (Lipinski definition) is 6. The number of amides is 1. The topological polar surface area (TPSA) is 79.4 Å². The third-order valence-corrected chi connectivity index (χ3v) is 4.93. The van der Waals surface area contributed by atoms with E-state index in [4.69, 9.17) is 27.9 Å². The van der Waals surface area contributed by atoms with E-state index in [0.717, 1.165) is 0 Å². The molecule has 1 aromatic heterocycles. The van der Waals surface area contributed by atoms with Crippen molar-refractivity contribution >= 4 is 35.2 Å². The minimum absolute atomic E-state index is 0.238. The summed E-state index contributed by atoms with van der Waals surface area (Å²) in [6.45, 7) is 7.41. The lowest BCUT2D eigenvalue weighted by Gasteiger charge is -2.36. The van der Waals surface area contributed by atoms with Crippen molar-refractivity contribution in [1.29, 1.82) is 0 Å². The zero-order chi connectivity index (χ0) is 21.9. The molecule has 162 valence electrons. The van der Waals surface area contributed by atoms with Crippen LogP contribution in [-0.4, -0.2) is 46.2 Å². The summed E-state index contributed by atoms with van der Waals surface area (Å²) in [7, 11) is 0. The zero-order valence-corrected chi connectivity index (χ0v) is 18.5. The number of carbonyl (C=O) groups is 1. The lowest BCUT2D eigenvalue weighted by atomic mass is 10.1. The third kappa shape index (κ3) is 5.93. The molecule has 1 aromatic carbocycles. The van der Waals surface area contributed by atoms with Crippen molar-refractivity contribution < 1.29 is 13.9 Å². The molecule has 1 amide bonds. The fourth-order valence-corrected chi connectivity index (χ4v) is 3.46. The highest BCUT2D eigenvalue weighted by Crippen LogP contribution is 2.26. The second kappa shape index (κ2) is 9.32. The first-order valence-electron chi connectivity index (χ1n) is 9.55. The highest BCUT2D eigenvalue weighted by atomic mass is 35.5. The Morgan fingerprint density at radius 2 is 2.10 bits per heavy atom. The average molecular weight is 456 g/mol. The van der Waals surface area contributed by atoms with Gasteiger partial charge in [-0.3, -0.25) is 4.90 Å². The summed E-state index contributed by atoms with van der Waals surface area (Å²) < 4.78 is 18.8. The number of nitrogens with one attached hydrogen (secondary N) is 2. The summed E-state index contributed by atoms with van der Waals surface area (Å²) in [5.41, 5.74) is 0.676. The first-order valence-corrected chi connectivity index (χ1v) is 10.3. The second-order valence-corrected chi connectivity index (χ2v) is 8.72. The molecule has 0 spiro atoms. The fourth-order valence-electron chi connectivity index (χ4n) is 3.03. The maximum atomic E-state index is 13.2. The molecular weight excluding hydrogens is 432 g/mol. The minimum atomic E-state index is -0.600. The van der Waals surface area contributed by atoms with E-state index >= 15 is 0 Å². The van der Waals surface area contributed by atoms with Crippen molar-refractivity contribution in [2.24, 2.45) is 0 Å². The number of piperazine rings is 1. The van der Waals surface area contributed by atoms with Gasteiger partial charge < -0.3 is 15.4 Å². The van der Waals surface area contributed by atoms with Crippen LogP contribution in [-0.2, 0) is 11.3 Å². The van der Waals surface area contributed by atoms with Gasteiger partial charge in [0.15, 0.2) is 0 Å². The van der Waals surface area contributed by atoms with E-state index < -0.39 is 17.5 Å². The van der Waals surface area contributed by atoms with Crippen LogP contribution in [0.15, 0.2) is 24.3 Å². The molecule has 1 saturated heterocycles. The second-order valence-electron chi connectivity index (χ2n) is 7.92. The summed E-state index contributed by atoms with van der Waals surface area (Å²) in [6.07, 6.45) is -0.406. The molecule has 1 fully saturated rings. The molecule has 1 unspecified atom stereocenters. The van der Waals surface area contributed by atoms with Gasteiger partial charge in [-0.2, -0.15) is 0 Å². The first-order chi connectivity index (χ1) is 14.1. The van der Waals surface area contributed by atoms with E-state index in [1.807, 2.05) is 20.8 Å². The van der Waals surface area contributed by atoms with Gasteiger partial charge in [0, 0.05) is 31.2 Å². The highest BCUT2D eigenvalue weighted by Gasteiger charge is 2.32. The summed E-state index contributed by atoms with van der Waals surface area (Å²) in [4.78, 5) is 23.0. The molecule has 0 saturated carbocycles. The van der Waals surface area contributed by atoms with E-state index in [-0.39, 0.29) is 23.7 Å². The van der Waals surface area contributed by atoms with Gasteiger partial charge in [-0.05, 0) is 44.5 Å². The summed E-state index contributed by atoms with van der Waals surface area (Å²) in [5.74, 6) is -0.121. The Hall–Kier alpha value is -2.16. The van der Waals surface area contributed by atoms with Crippen molar-refractivity contribution in [3.63, 3.8) is 0 Å². The summed E-state index contributed by atoms with van der Waals surface area (Å²) >= 11 is 12.3. The maximum absolute atomic E-state index is 13.2. The number of nitrogens with zero attached hydrogens (tertiary/aromatic N) is 3. The number of rotatable bonds is 4. The molecule has 0 bridgehead atoms. The number of ether oxygens (including phenoxy) is 1. The van der Waals surface area contributed by atoms with Gasteiger partial charge in [0.25, 0.3) is 0 Å². The van der Waals surface area contributed by atoms with Crippen LogP contribution in [0.5, 0.6) is 0 Å². The van der Waals surface area contributed by atoms with Gasteiger partial charge in [0.1, 0.15) is 16.6 Å². The van der Waals surface area contributed by atoms with Crippen molar-refractivity contribution in [3.8, 4) is 0 Å². The molecular formula is C20H24Cl2FN5O2. The van der Waals surface area contributed by atoms with Crippen LogP contribution in [0.25, 0.3) is 0 Å². The number of benzene rings is 1. The first kappa shape index (κ1) is 22.5. The number of carbonyl (C=O) groups excluding carboxylic acids is 1. The molecule has 2 aromatic rings. The van der Waals surface area contributed by atoms with Gasteiger partial charge in [-0.1, -0.05) is 29.3 Å². The monoisotopic (exact) mass is 455 g/mol. The summed E-state index contributed by atoms with van der Waals surface area (Å²) in [5, 5.41) is 6.86. The molecule has 1 atom stereocenters. The average Bonchev–Trinajstić information content (AvgIpc) is 2.65. The van der Waals surface area contributed by atoms with Crippen LogP contribution in [0.4, 0.5) is 15.1 Å². The van der Waals surface area contributed by atoms with Crippen LogP contribution in [0.1, 0.15) is 38.1 Å². The lowest BCUT2D eigenvalue weighted by molar-refractivity contribution is 0.0113. The van der Waals surface area contributed by atoms with E-state index in [9.17, 15) is 9.18 Å². The van der Waals surface area contributed by atoms with E-state index in [1.54, 1.807) is 17.0 Å². The molecule has 1 aliphatic heterocycles. The molecule has 1 aliphatic rings. The smallest absolute Gasteiger partial charge is 0.410 e. The van der Waals surface area contributed by atoms with Crippen molar-refractivity contribution in [2.75, 3.05) is 25.0 Å². The van der Waals surface area contributed by atoms with Crippen LogP contribution in [0.2, 0.25) is 10.2 Å². The Morgan fingerprint density at radius 3 is 2.80 bits per heavy atom. The fraction of sp³-hybridized carbons (Fsp3) is 0.450. The van der Waals surface area contributed by atoms with Gasteiger partial charge in [0.2, 0.25) is 5.95 Å². The third-order valence-electron chi connectivity index (χ3n) is 4.38. The Labute approximate surface area is 184 Å². The Balaban J connectivity index is 1.79. The standard InChI is InChI=1S/C20H24Cl2FN5O2/c1-20(2,3)30-19(29)28-7-6-24-11-16(28)15-9-17(22)27-18(26-15)25-10-12-4-5-13(23)8-14(12)21/h4-5,8-9,16,24H,6-7,10-11H2,1-3H3,(H,25,26,27). The van der Waals surface area contributed by atoms with E-state index in [0.29, 0.717) is 35.9 Å². The van der Waals surface area contributed by atoms with E-state index in [2.05, 4.69) is 20.6 Å². The largest absolute Gasteiger partial charge is 0.444 e. The minimum Gasteiger partial charge on any atom is -0.444 e. The van der Waals surface area contributed by atoms with Crippen LogP contribution >= 0.6 is 23.2 Å². The molecule has 0 aliphatic carbocycles. The lowest BCUT2D eigenvalue weighted by Crippen LogP contribution is -2.50. The van der Waals surface area contributed by atoms with Gasteiger partial charge in [-0.15, -0.1) is 0 Å². The molecule has 2 N–H and O–H groups in total. The highest BCUT2D eigenvalue weighted by molar-refractivity contribution is 6.31. The van der Waals surface area contributed by atoms with Crippen LogP contribution in [0.3, 0.4) is 0 Å². The van der Waals surface area contributed by atoms with Gasteiger partial charge in [0.05, 0.1) is 11.7 Å². The predicted molar refractivity (Wildman–Crippen MR) is 114 cm³/mol. The molecule has 3 rings (SSSR count). The van der Waals surface area contributed by atoms with Gasteiger partial charge in [-0.25, -0.2) is 19.2 Å². The predicted octanol–water partition coefficient (Wildman–Crippen LogP) is 4.42. The molecule has 0 radical (unpaired) electrons. The maximum Gasteiger partial charge on any atom is 0.410 e. The number of anilines is 1. The summed E-state index contributed by atoms with van der Waals surface area (Å²) in [6, 6.07) is 5.44. The molecule has 2 heterocycles. The number of halogens is 3.